The zero-order chi connectivity index (χ0) is 15.4. The smallest absolute Gasteiger partial charge is 0.0648 e. The summed E-state index contributed by atoms with van der Waals surface area (Å²) in [6.07, 6.45) is 1.07. The van der Waals surface area contributed by atoms with Crippen molar-refractivity contribution < 1.29 is 0 Å². The molecule has 1 N–H and O–H groups in total. The summed E-state index contributed by atoms with van der Waals surface area (Å²) in [6, 6.07) is 10.9. The van der Waals surface area contributed by atoms with Crippen LogP contribution in [0, 0.1) is 19.8 Å². The summed E-state index contributed by atoms with van der Waals surface area (Å²) in [6.45, 7) is 12.0. The Labute approximate surface area is 128 Å². The van der Waals surface area contributed by atoms with Crippen molar-refractivity contribution in [2.24, 2.45) is 5.92 Å². The van der Waals surface area contributed by atoms with Gasteiger partial charge in [0.25, 0.3) is 0 Å². The first-order valence-electron chi connectivity index (χ1n) is 7.83. The van der Waals surface area contributed by atoms with Crippen LogP contribution in [-0.4, -0.2) is 22.4 Å². The quantitative estimate of drug-likeness (QED) is 0.877. The van der Waals surface area contributed by atoms with Crippen molar-refractivity contribution >= 4 is 0 Å². The molecule has 1 aromatic carbocycles. The van der Waals surface area contributed by atoms with E-state index in [4.69, 9.17) is 5.10 Å². The lowest BCUT2D eigenvalue weighted by Gasteiger charge is -2.15. The van der Waals surface area contributed by atoms with Gasteiger partial charge in [0.15, 0.2) is 0 Å². The van der Waals surface area contributed by atoms with Crippen LogP contribution in [0.5, 0.6) is 0 Å². The second kappa shape index (κ2) is 6.90. The minimum absolute atomic E-state index is 0.543. The minimum Gasteiger partial charge on any atom is -0.314 e. The van der Waals surface area contributed by atoms with E-state index in [1.807, 2.05) is 6.07 Å². The average Bonchev–Trinajstić information content (AvgIpc) is 2.74. The fourth-order valence-corrected chi connectivity index (χ4v) is 2.65. The highest BCUT2D eigenvalue weighted by atomic mass is 15.3. The van der Waals surface area contributed by atoms with Gasteiger partial charge >= 0.3 is 0 Å². The van der Waals surface area contributed by atoms with Gasteiger partial charge in [0.1, 0.15) is 0 Å². The van der Waals surface area contributed by atoms with Crippen molar-refractivity contribution in [2.75, 3.05) is 6.54 Å². The van der Waals surface area contributed by atoms with E-state index in [1.165, 1.54) is 11.3 Å². The van der Waals surface area contributed by atoms with Gasteiger partial charge in [-0.3, -0.25) is 0 Å². The predicted molar refractivity (Wildman–Crippen MR) is 89.0 cm³/mol. The molecular formula is C18H27N3. The van der Waals surface area contributed by atoms with Crippen LogP contribution in [0.15, 0.2) is 30.3 Å². The molecule has 0 amide bonds. The van der Waals surface area contributed by atoms with E-state index in [2.05, 4.69) is 68.9 Å². The Kier molecular flexibility index (Phi) is 5.18. The molecule has 2 aromatic rings. The third kappa shape index (κ3) is 3.94. The van der Waals surface area contributed by atoms with Gasteiger partial charge in [-0.25, -0.2) is 4.68 Å². The molecule has 0 radical (unpaired) electrons. The van der Waals surface area contributed by atoms with E-state index < -0.39 is 0 Å². The number of hydrogen-bond donors (Lipinski definition) is 1. The van der Waals surface area contributed by atoms with Crippen LogP contribution < -0.4 is 5.32 Å². The summed E-state index contributed by atoms with van der Waals surface area (Å²) in [5, 5.41) is 8.24. The van der Waals surface area contributed by atoms with Crippen molar-refractivity contribution in [1.29, 1.82) is 0 Å². The summed E-state index contributed by atoms with van der Waals surface area (Å²) in [7, 11) is 0. The van der Waals surface area contributed by atoms with Gasteiger partial charge in [0.2, 0.25) is 0 Å². The highest BCUT2D eigenvalue weighted by molar-refractivity contribution is 5.37. The minimum atomic E-state index is 0.543. The summed E-state index contributed by atoms with van der Waals surface area (Å²) in [5.41, 5.74) is 4.93. The van der Waals surface area contributed by atoms with Crippen LogP contribution in [0.1, 0.15) is 37.7 Å². The molecule has 0 fully saturated rings. The zero-order valence-electron chi connectivity index (χ0n) is 13.9. The van der Waals surface area contributed by atoms with Crippen molar-refractivity contribution in [3.8, 4) is 5.69 Å². The lowest BCUT2D eigenvalue weighted by molar-refractivity contribution is 0.474. The Balaban J connectivity index is 2.16. The standard InChI is InChI=1S/C18H27N3/c1-13(2)19-12-14(3)11-18-15(4)20-21(16(18)5)17-9-7-6-8-10-17/h6-10,13-14,19H,11-12H2,1-5H3. The number of aryl methyl sites for hydroxylation is 1. The molecule has 3 heteroatoms. The van der Waals surface area contributed by atoms with Gasteiger partial charge < -0.3 is 5.32 Å². The predicted octanol–water partition coefficient (Wildman–Crippen LogP) is 3.67. The number of nitrogens with one attached hydrogen (secondary N) is 1. The van der Waals surface area contributed by atoms with Crippen LogP contribution in [0.4, 0.5) is 0 Å². The molecule has 0 aliphatic heterocycles. The molecule has 21 heavy (non-hydrogen) atoms. The molecule has 0 saturated heterocycles. The molecule has 1 heterocycles. The Bertz CT molecular complexity index is 570. The van der Waals surface area contributed by atoms with Gasteiger partial charge in [0, 0.05) is 11.7 Å². The Morgan fingerprint density at radius 1 is 1.10 bits per heavy atom. The number of nitrogens with zero attached hydrogens (tertiary/aromatic N) is 2. The molecule has 0 spiro atoms. The Morgan fingerprint density at radius 3 is 2.38 bits per heavy atom. The van der Waals surface area contributed by atoms with Crippen molar-refractivity contribution in [3.63, 3.8) is 0 Å². The molecule has 1 atom stereocenters. The molecule has 0 bridgehead atoms. The second-order valence-electron chi connectivity index (χ2n) is 6.27. The highest BCUT2D eigenvalue weighted by Gasteiger charge is 2.15. The third-order valence-corrected chi connectivity index (χ3v) is 3.87. The molecule has 114 valence electrons. The van der Waals surface area contributed by atoms with Crippen LogP contribution in [0.3, 0.4) is 0 Å². The SMILES string of the molecule is Cc1nn(-c2ccccc2)c(C)c1CC(C)CNC(C)C. The van der Waals surface area contributed by atoms with Gasteiger partial charge in [-0.05, 0) is 50.4 Å². The molecule has 0 aliphatic rings. The van der Waals surface area contributed by atoms with Gasteiger partial charge in [-0.1, -0.05) is 39.0 Å². The van der Waals surface area contributed by atoms with Crippen molar-refractivity contribution in [1.82, 2.24) is 15.1 Å². The summed E-state index contributed by atoms with van der Waals surface area (Å²) < 4.78 is 2.06. The topological polar surface area (TPSA) is 29.9 Å². The first kappa shape index (κ1) is 15.8. The number of rotatable bonds is 6. The van der Waals surface area contributed by atoms with Crippen LogP contribution >= 0.6 is 0 Å². The van der Waals surface area contributed by atoms with Crippen LogP contribution in [0.25, 0.3) is 5.69 Å². The van der Waals surface area contributed by atoms with E-state index >= 15 is 0 Å². The number of aromatic nitrogens is 2. The maximum atomic E-state index is 4.72. The van der Waals surface area contributed by atoms with Gasteiger partial charge in [-0.2, -0.15) is 5.10 Å². The Morgan fingerprint density at radius 2 is 1.76 bits per heavy atom. The molecular weight excluding hydrogens is 258 g/mol. The summed E-state index contributed by atoms with van der Waals surface area (Å²) >= 11 is 0. The van der Waals surface area contributed by atoms with Crippen LogP contribution in [-0.2, 0) is 6.42 Å². The normalized spacial score (nSPS) is 12.9. The summed E-state index contributed by atoms with van der Waals surface area (Å²) in [4.78, 5) is 0. The fourth-order valence-electron chi connectivity index (χ4n) is 2.65. The zero-order valence-corrected chi connectivity index (χ0v) is 13.9. The maximum absolute atomic E-state index is 4.72. The molecule has 2 rings (SSSR count). The van der Waals surface area contributed by atoms with Crippen molar-refractivity contribution in [3.05, 3.63) is 47.3 Å². The average molecular weight is 285 g/mol. The Hall–Kier alpha value is -1.61. The van der Waals surface area contributed by atoms with E-state index in [-0.39, 0.29) is 0 Å². The third-order valence-electron chi connectivity index (χ3n) is 3.87. The lowest BCUT2D eigenvalue weighted by Crippen LogP contribution is -2.28. The first-order valence-corrected chi connectivity index (χ1v) is 7.83. The van der Waals surface area contributed by atoms with E-state index in [0.717, 1.165) is 24.3 Å². The second-order valence-corrected chi connectivity index (χ2v) is 6.27. The number of benzene rings is 1. The van der Waals surface area contributed by atoms with E-state index in [0.29, 0.717) is 12.0 Å². The van der Waals surface area contributed by atoms with E-state index in [1.54, 1.807) is 0 Å². The number of hydrogen-bond acceptors (Lipinski definition) is 2. The van der Waals surface area contributed by atoms with E-state index in [9.17, 15) is 0 Å². The molecule has 1 aromatic heterocycles. The molecule has 1 unspecified atom stereocenters. The molecule has 0 saturated carbocycles. The van der Waals surface area contributed by atoms with Crippen molar-refractivity contribution in [2.45, 2.75) is 47.1 Å². The molecule has 3 nitrogen and oxygen atoms in total. The van der Waals surface area contributed by atoms with Gasteiger partial charge in [0.05, 0.1) is 11.4 Å². The molecule has 0 aliphatic carbocycles. The monoisotopic (exact) mass is 285 g/mol. The summed E-state index contributed by atoms with van der Waals surface area (Å²) in [5.74, 6) is 0.609. The maximum Gasteiger partial charge on any atom is 0.0648 e. The lowest BCUT2D eigenvalue weighted by atomic mass is 9.99. The van der Waals surface area contributed by atoms with Crippen LogP contribution in [0.2, 0.25) is 0 Å². The number of para-hydroxylation sites is 1. The largest absolute Gasteiger partial charge is 0.314 e. The fraction of sp³-hybridized carbons (Fsp3) is 0.500. The highest BCUT2D eigenvalue weighted by Crippen LogP contribution is 2.20. The van der Waals surface area contributed by atoms with Gasteiger partial charge in [-0.15, -0.1) is 0 Å². The first-order chi connectivity index (χ1) is 9.99.